The van der Waals surface area contributed by atoms with Gasteiger partial charge >= 0.3 is 69.9 Å². The number of carbonyl (C=O) groups is 1. The van der Waals surface area contributed by atoms with E-state index in [1.54, 1.807) is 48.6 Å². The van der Waals surface area contributed by atoms with E-state index in [4.69, 9.17) is 0 Å². The number of hydrogen-bond donors (Lipinski definition) is 0. The van der Waals surface area contributed by atoms with Gasteiger partial charge in [0.1, 0.15) is 0 Å². The summed E-state index contributed by atoms with van der Waals surface area (Å²) in [5, 5.41) is 9.26. The minimum atomic E-state index is -0.995. The van der Waals surface area contributed by atoms with E-state index < -0.39 is 5.97 Å². The number of aliphatic carboxylic acids is 1. The zero-order valence-corrected chi connectivity index (χ0v) is 10.1. The quantitative estimate of drug-likeness (QED) is 0.588. The van der Waals surface area contributed by atoms with Crippen molar-refractivity contribution >= 4 is 41.8 Å². The molecular weight excluding hydrogens is 180 g/mol. The van der Waals surface area contributed by atoms with Crippen molar-refractivity contribution in [2.24, 2.45) is 0 Å². The van der Waals surface area contributed by atoms with E-state index in [0.29, 0.717) is 0 Å². The minimum absolute atomic E-state index is 0.111. The molecule has 0 aromatic rings. The molecule has 0 saturated heterocycles. The van der Waals surface area contributed by atoms with Gasteiger partial charge in [0.05, 0.1) is 0 Å². The van der Waals surface area contributed by atoms with E-state index in [-0.39, 0.29) is 6.42 Å². The SMILES string of the molecule is CCC(=O)[O-].[Ca+][CH]1CCCCC1. The van der Waals surface area contributed by atoms with Crippen LogP contribution in [0.15, 0.2) is 0 Å². The Kier molecular flexibility index (Phi) is 8.84. The Balaban J connectivity index is 0.000000217. The number of carboxylic acids is 1. The maximum atomic E-state index is 9.26. The Hall–Kier alpha value is 0.730. The van der Waals surface area contributed by atoms with Crippen LogP contribution >= 0.6 is 0 Å². The maximum absolute atomic E-state index is 9.26. The van der Waals surface area contributed by atoms with Crippen LogP contribution in [-0.4, -0.2) is 41.8 Å². The zero-order valence-electron chi connectivity index (χ0n) is 7.84. The number of hydrogen-bond acceptors (Lipinski definition) is 2. The molecule has 66 valence electrons. The molecule has 1 fully saturated rings. The van der Waals surface area contributed by atoms with Crippen molar-refractivity contribution in [1.82, 2.24) is 0 Å². The monoisotopic (exact) mass is 196 g/mol. The van der Waals surface area contributed by atoms with Gasteiger partial charge in [-0.2, -0.15) is 0 Å². The topological polar surface area (TPSA) is 40.1 Å². The first-order valence-corrected chi connectivity index (χ1v) is 5.97. The van der Waals surface area contributed by atoms with Crippen molar-refractivity contribution < 1.29 is 9.90 Å². The molecule has 0 spiro atoms. The van der Waals surface area contributed by atoms with E-state index in [1.165, 1.54) is 26.2 Å². The molecule has 0 aliphatic heterocycles. The summed E-state index contributed by atoms with van der Waals surface area (Å²) in [7, 11) is 0. The molecule has 0 aromatic heterocycles. The summed E-state index contributed by atoms with van der Waals surface area (Å²) < 4.78 is 1.16. The average Bonchev–Trinajstić information content (AvgIpc) is 2.07. The Morgan fingerprint density at radius 2 is 1.83 bits per heavy atom. The van der Waals surface area contributed by atoms with Gasteiger partial charge in [0.25, 0.3) is 0 Å². The molecule has 12 heavy (non-hydrogen) atoms. The second kappa shape index (κ2) is 8.33. The molecule has 1 saturated carbocycles. The van der Waals surface area contributed by atoms with Crippen LogP contribution in [0.3, 0.4) is 0 Å². The average molecular weight is 196 g/mol. The van der Waals surface area contributed by atoms with Gasteiger partial charge in [-0.3, -0.25) is 0 Å². The van der Waals surface area contributed by atoms with Gasteiger partial charge in [-0.25, -0.2) is 0 Å². The molecule has 0 heterocycles. The summed E-state index contributed by atoms with van der Waals surface area (Å²) in [5.41, 5.74) is 0. The van der Waals surface area contributed by atoms with Crippen LogP contribution in [0.5, 0.6) is 0 Å². The molecule has 0 atom stereocenters. The van der Waals surface area contributed by atoms with Gasteiger partial charge < -0.3 is 9.90 Å². The van der Waals surface area contributed by atoms with Gasteiger partial charge in [-0.15, -0.1) is 0 Å². The fraction of sp³-hybridized carbons (Fsp3) is 0.889. The molecule has 0 unspecified atom stereocenters. The molecule has 1 rings (SSSR count). The molecule has 1 aliphatic rings. The standard InChI is InChI=1S/C6H11.C3H6O2.Ca/c1-2-4-6-5-3-1;1-2-3(4)5;/h1H,2-6H2;2H2,1H3,(H,4,5);/q;;+1/p-1. The van der Waals surface area contributed by atoms with Crippen molar-refractivity contribution in [3.8, 4) is 0 Å². The van der Waals surface area contributed by atoms with Crippen LogP contribution < -0.4 is 5.11 Å². The molecule has 0 aromatic carbocycles. The first-order valence-electron chi connectivity index (χ1n) is 4.69. The zero-order chi connectivity index (χ0) is 9.40. The molecule has 0 amide bonds. The molecule has 2 nitrogen and oxygen atoms in total. The Morgan fingerprint density at radius 1 is 1.42 bits per heavy atom. The van der Waals surface area contributed by atoms with Crippen molar-refractivity contribution in [3.63, 3.8) is 0 Å². The predicted molar refractivity (Wildman–Crippen MR) is 47.9 cm³/mol. The van der Waals surface area contributed by atoms with Crippen molar-refractivity contribution in [2.45, 2.75) is 47.5 Å². The fourth-order valence-corrected chi connectivity index (χ4v) is 2.09. The van der Waals surface area contributed by atoms with Gasteiger partial charge in [0.2, 0.25) is 0 Å². The van der Waals surface area contributed by atoms with Crippen LogP contribution in [0.25, 0.3) is 0 Å². The molecule has 1 aliphatic carbocycles. The van der Waals surface area contributed by atoms with E-state index in [0.717, 1.165) is 2.01 Å². The van der Waals surface area contributed by atoms with E-state index >= 15 is 0 Å². The van der Waals surface area contributed by atoms with Crippen molar-refractivity contribution in [1.29, 1.82) is 0 Å². The Labute approximate surface area is 98.4 Å². The number of rotatable bonds is 1. The van der Waals surface area contributed by atoms with E-state index in [1.807, 2.05) is 0 Å². The van der Waals surface area contributed by atoms with Crippen LogP contribution in [0.2, 0.25) is 2.01 Å². The molecule has 0 N–H and O–H groups in total. The number of carbonyl (C=O) groups excluding carboxylic acids is 1. The third-order valence-corrected chi connectivity index (χ3v) is 3.29. The van der Waals surface area contributed by atoms with Crippen LogP contribution in [0, 0.1) is 0 Å². The predicted octanol–water partition coefficient (Wildman–Crippen LogP) is 1.05. The van der Waals surface area contributed by atoms with Crippen molar-refractivity contribution in [3.05, 3.63) is 0 Å². The third-order valence-electron chi connectivity index (χ3n) is 2.01. The van der Waals surface area contributed by atoms with Gasteiger partial charge in [0, 0.05) is 5.97 Å². The first kappa shape index (κ1) is 12.7. The summed E-state index contributed by atoms with van der Waals surface area (Å²) in [6, 6.07) is 0. The number of carboxylic acid groups (broad SMARTS) is 1. The summed E-state index contributed by atoms with van der Waals surface area (Å²) in [4.78, 5) is 9.26. The second-order valence-corrected chi connectivity index (χ2v) is 5.03. The summed E-state index contributed by atoms with van der Waals surface area (Å²) in [6.45, 7) is 1.54. The summed E-state index contributed by atoms with van der Waals surface area (Å²) in [6.07, 6.45) is 7.74. The van der Waals surface area contributed by atoms with Gasteiger partial charge in [-0.05, 0) is 6.42 Å². The van der Waals surface area contributed by atoms with Crippen molar-refractivity contribution in [2.75, 3.05) is 0 Å². The molecule has 3 heteroatoms. The first-order chi connectivity index (χ1) is 5.66. The van der Waals surface area contributed by atoms with Gasteiger partial charge in [-0.1, -0.05) is 6.92 Å². The fourth-order valence-electron chi connectivity index (χ4n) is 1.19. The molecule has 0 radical (unpaired) electrons. The van der Waals surface area contributed by atoms with Crippen LogP contribution in [0.4, 0.5) is 0 Å². The van der Waals surface area contributed by atoms with Crippen LogP contribution in [-0.2, 0) is 4.79 Å². The Morgan fingerprint density at radius 3 is 2.00 bits per heavy atom. The molecular formula is C9H16CaO2. The Bertz CT molecular complexity index is 120. The molecule has 0 bridgehead atoms. The second-order valence-electron chi connectivity index (χ2n) is 3.23. The normalized spacial score (nSPS) is 17.9. The third kappa shape index (κ3) is 8.82. The van der Waals surface area contributed by atoms with E-state index in [2.05, 4.69) is 0 Å². The van der Waals surface area contributed by atoms with E-state index in [9.17, 15) is 9.90 Å². The van der Waals surface area contributed by atoms with Crippen LogP contribution in [0.1, 0.15) is 45.4 Å². The van der Waals surface area contributed by atoms with Gasteiger partial charge in [0.15, 0.2) is 0 Å². The summed E-state index contributed by atoms with van der Waals surface area (Å²) >= 11 is 1.54. The summed E-state index contributed by atoms with van der Waals surface area (Å²) in [5.74, 6) is -0.995.